The lowest BCUT2D eigenvalue weighted by Gasteiger charge is -1.90. The van der Waals surface area contributed by atoms with Crippen molar-refractivity contribution in [3.8, 4) is 5.13 Å². The highest BCUT2D eigenvalue weighted by Crippen LogP contribution is 2.21. The van der Waals surface area contributed by atoms with E-state index in [0.29, 0.717) is 5.13 Å². The van der Waals surface area contributed by atoms with Gasteiger partial charge in [0.2, 0.25) is 10.8 Å². The minimum absolute atomic E-state index is 0.387. The Kier molecular flexibility index (Phi) is 2.60. The average Bonchev–Trinajstić information content (AvgIpc) is 2.82. The lowest BCUT2D eigenvalue weighted by atomic mass is 10.4. The first-order valence-electron chi connectivity index (χ1n) is 4.39. The van der Waals surface area contributed by atoms with Crippen LogP contribution >= 0.6 is 11.3 Å². The maximum Gasteiger partial charge on any atom is 0.363 e. The topological polar surface area (TPSA) is 111 Å². The number of hydrogen-bond donors (Lipinski definition) is 1. The first kappa shape index (κ1) is 11.2. The van der Waals surface area contributed by atoms with Gasteiger partial charge in [-0.25, -0.2) is 14.5 Å². The molecule has 0 saturated heterocycles. The molecule has 2 aromatic rings. The largest absolute Gasteiger partial charge is 0.476 e. The molecule has 2 rings (SSSR count). The first-order valence-corrected chi connectivity index (χ1v) is 5.27. The van der Waals surface area contributed by atoms with Gasteiger partial charge in [-0.2, -0.15) is 5.10 Å². The lowest BCUT2D eigenvalue weighted by molar-refractivity contribution is -0.385. The second-order valence-electron chi connectivity index (χ2n) is 3.14. The van der Waals surface area contributed by atoms with Gasteiger partial charge < -0.3 is 5.11 Å². The van der Waals surface area contributed by atoms with E-state index >= 15 is 0 Å². The molecule has 0 atom stereocenters. The van der Waals surface area contributed by atoms with E-state index in [-0.39, 0.29) is 0 Å². The molecule has 0 fully saturated rings. The fraction of sp³-hybridized carbons (Fsp3) is 0.125. The molecule has 8 nitrogen and oxygen atoms in total. The molecule has 0 bridgehead atoms. The van der Waals surface area contributed by atoms with Crippen LogP contribution in [0.4, 0.5) is 5.69 Å². The molecule has 0 aliphatic rings. The number of aryl methyl sites for hydroxylation is 1. The minimum atomic E-state index is -1.44. The minimum Gasteiger partial charge on any atom is -0.476 e. The van der Waals surface area contributed by atoms with Crippen LogP contribution in [-0.2, 0) is 0 Å². The lowest BCUT2D eigenvalue weighted by Crippen LogP contribution is -2.02. The summed E-state index contributed by atoms with van der Waals surface area (Å²) in [6.45, 7) is 1.76. The number of carbonyl (C=O) groups is 1. The second kappa shape index (κ2) is 3.94. The Hall–Kier alpha value is -2.29. The fourth-order valence-corrected chi connectivity index (χ4v) is 1.92. The summed E-state index contributed by atoms with van der Waals surface area (Å²) in [6, 6.07) is 0. The average molecular weight is 254 g/mol. The summed E-state index contributed by atoms with van der Waals surface area (Å²) in [6.07, 6.45) is 1.04. The van der Waals surface area contributed by atoms with Gasteiger partial charge in [0.05, 0.1) is 10.6 Å². The number of aromatic carboxylic acids is 1. The maximum atomic E-state index is 10.8. The van der Waals surface area contributed by atoms with Crippen molar-refractivity contribution in [3.05, 3.63) is 33.1 Å². The van der Waals surface area contributed by atoms with E-state index in [4.69, 9.17) is 5.11 Å². The SMILES string of the molecule is Cc1csc(-n2cc([N+](=O)[O-])c(C(=O)O)n2)n1. The fourth-order valence-electron chi connectivity index (χ4n) is 1.20. The Morgan fingerprint density at radius 1 is 1.65 bits per heavy atom. The number of aromatic nitrogens is 3. The molecule has 17 heavy (non-hydrogen) atoms. The van der Waals surface area contributed by atoms with Crippen molar-refractivity contribution < 1.29 is 14.8 Å². The van der Waals surface area contributed by atoms with Crippen molar-refractivity contribution in [3.63, 3.8) is 0 Å². The summed E-state index contributed by atoms with van der Waals surface area (Å²) in [7, 11) is 0. The van der Waals surface area contributed by atoms with Crippen molar-refractivity contribution in [1.82, 2.24) is 14.8 Å². The van der Waals surface area contributed by atoms with Crippen LogP contribution in [0.15, 0.2) is 11.6 Å². The van der Waals surface area contributed by atoms with Gasteiger partial charge in [0.15, 0.2) is 0 Å². The van der Waals surface area contributed by atoms with Gasteiger partial charge in [-0.05, 0) is 6.92 Å². The highest BCUT2D eigenvalue weighted by Gasteiger charge is 2.26. The van der Waals surface area contributed by atoms with Crippen molar-refractivity contribution in [2.24, 2.45) is 0 Å². The number of thiazole rings is 1. The van der Waals surface area contributed by atoms with Crippen molar-refractivity contribution in [2.45, 2.75) is 6.92 Å². The van der Waals surface area contributed by atoms with E-state index in [1.165, 1.54) is 11.3 Å². The Balaban J connectivity index is 2.54. The summed E-state index contributed by atoms with van der Waals surface area (Å²) in [4.78, 5) is 24.7. The van der Waals surface area contributed by atoms with Gasteiger partial charge >= 0.3 is 11.7 Å². The predicted molar refractivity (Wildman–Crippen MR) is 57.6 cm³/mol. The third-order valence-electron chi connectivity index (χ3n) is 1.90. The third kappa shape index (κ3) is 1.99. The van der Waals surface area contributed by atoms with E-state index < -0.39 is 22.3 Å². The monoisotopic (exact) mass is 254 g/mol. The van der Waals surface area contributed by atoms with Crippen LogP contribution in [-0.4, -0.2) is 30.8 Å². The number of carboxylic acids is 1. The van der Waals surface area contributed by atoms with Crippen LogP contribution in [0.3, 0.4) is 0 Å². The van der Waals surface area contributed by atoms with Crippen molar-refractivity contribution in [1.29, 1.82) is 0 Å². The van der Waals surface area contributed by atoms with E-state index in [9.17, 15) is 14.9 Å². The van der Waals surface area contributed by atoms with E-state index in [0.717, 1.165) is 16.6 Å². The Morgan fingerprint density at radius 3 is 2.76 bits per heavy atom. The number of nitrogens with zero attached hydrogens (tertiary/aromatic N) is 4. The van der Waals surface area contributed by atoms with Crippen molar-refractivity contribution >= 4 is 23.0 Å². The van der Waals surface area contributed by atoms with Crippen LogP contribution in [0.25, 0.3) is 5.13 Å². The summed E-state index contributed by atoms with van der Waals surface area (Å²) >= 11 is 1.22. The molecule has 0 saturated carbocycles. The highest BCUT2D eigenvalue weighted by atomic mass is 32.1. The molecule has 0 unspecified atom stereocenters. The van der Waals surface area contributed by atoms with E-state index in [1.807, 2.05) is 0 Å². The third-order valence-corrected chi connectivity index (χ3v) is 2.85. The smallest absolute Gasteiger partial charge is 0.363 e. The highest BCUT2D eigenvalue weighted by molar-refractivity contribution is 7.12. The zero-order valence-electron chi connectivity index (χ0n) is 8.52. The molecule has 0 radical (unpaired) electrons. The number of carboxylic acid groups (broad SMARTS) is 1. The molecule has 0 amide bonds. The Morgan fingerprint density at radius 2 is 2.35 bits per heavy atom. The van der Waals surface area contributed by atoms with Crippen LogP contribution in [0.2, 0.25) is 0 Å². The predicted octanol–water partition coefficient (Wildman–Crippen LogP) is 1.24. The standard InChI is InChI=1S/C8H6N4O4S/c1-4-3-17-8(9-4)11-2-5(12(15)16)6(10-11)7(13)14/h2-3H,1H3,(H,13,14). The van der Waals surface area contributed by atoms with E-state index in [1.54, 1.807) is 12.3 Å². The zero-order chi connectivity index (χ0) is 12.6. The summed E-state index contributed by atoms with van der Waals surface area (Å²) in [5.41, 5.74) is -0.409. The number of hydrogen-bond acceptors (Lipinski definition) is 6. The Labute approximate surface area is 98.3 Å². The molecular weight excluding hydrogens is 248 g/mol. The van der Waals surface area contributed by atoms with Gasteiger partial charge in [-0.1, -0.05) is 0 Å². The van der Waals surface area contributed by atoms with Gasteiger partial charge in [-0.15, -0.1) is 11.3 Å². The molecule has 0 aromatic carbocycles. The molecule has 0 aliphatic heterocycles. The summed E-state index contributed by atoms with van der Waals surface area (Å²) in [5.74, 6) is -1.44. The molecule has 1 N–H and O–H groups in total. The van der Waals surface area contributed by atoms with Crippen molar-refractivity contribution in [2.75, 3.05) is 0 Å². The van der Waals surface area contributed by atoms with Gasteiger partial charge in [0.1, 0.15) is 6.20 Å². The normalized spacial score (nSPS) is 10.4. The second-order valence-corrected chi connectivity index (χ2v) is 3.98. The molecule has 88 valence electrons. The summed E-state index contributed by atoms with van der Waals surface area (Å²) < 4.78 is 1.10. The van der Waals surface area contributed by atoms with Crippen LogP contribution in [0, 0.1) is 17.0 Å². The van der Waals surface area contributed by atoms with Crippen LogP contribution in [0.1, 0.15) is 16.2 Å². The summed E-state index contributed by atoms with van der Waals surface area (Å²) in [5, 5.41) is 25.2. The van der Waals surface area contributed by atoms with Gasteiger partial charge in [0.25, 0.3) is 0 Å². The van der Waals surface area contributed by atoms with Crippen LogP contribution in [0.5, 0.6) is 0 Å². The first-order chi connectivity index (χ1) is 7.99. The maximum absolute atomic E-state index is 10.8. The van der Waals surface area contributed by atoms with E-state index in [2.05, 4.69) is 10.1 Å². The van der Waals surface area contributed by atoms with Gasteiger partial charge in [-0.3, -0.25) is 10.1 Å². The molecule has 2 heterocycles. The molecule has 0 spiro atoms. The molecular formula is C8H6N4O4S. The van der Waals surface area contributed by atoms with Crippen LogP contribution < -0.4 is 0 Å². The molecule has 9 heteroatoms. The molecule has 0 aliphatic carbocycles. The quantitative estimate of drug-likeness (QED) is 0.651. The number of nitro groups is 1. The van der Waals surface area contributed by atoms with Gasteiger partial charge in [0, 0.05) is 5.38 Å². The number of rotatable bonds is 3. The zero-order valence-corrected chi connectivity index (χ0v) is 9.34. The molecule has 2 aromatic heterocycles. The Bertz CT molecular complexity index is 571.